The summed E-state index contributed by atoms with van der Waals surface area (Å²) in [5.41, 5.74) is 8.76. The van der Waals surface area contributed by atoms with Crippen molar-refractivity contribution >= 4 is 27.3 Å². The molecule has 46 heavy (non-hydrogen) atoms. The van der Waals surface area contributed by atoms with Crippen LogP contribution in [-0.4, -0.2) is 15.9 Å². The number of aliphatic hydroxyl groups excluding tert-OH is 1. The van der Waals surface area contributed by atoms with Crippen molar-refractivity contribution in [2.24, 2.45) is 10.8 Å². The summed E-state index contributed by atoms with van der Waals surface area (Å²) in [7, 11) is 0. The predicted molar refractivity (Wildman–Crippen MR) is 192 cm³/mol. The molecule has 3 nitrogen and oxygen atoms in total. The Hall–Kier alpha value is -3.59. The van der Waals surface area contributed by atoms with Crippen molar-refractivity contribution in [2.45, 2.75) is 82.1 Å². The van der Waals surface area contributed by atoms with Crippen LogP contribution in [0.25, 0.3) is 43.9 Å². The average molecular weight is 791 g/mol. The Morgan fingerprint density at radius 1 is 0.826 bits per heavy atom. The topological polar surface area (TPSA) is 50.2 Å². The molecule has 0 bridgehead atoms. The summed E-state index contributed by atoms with van der Waals surface area (Å²) in [4.78, 5) is 16.7. The third-order valence-corrected chi connectivity index (χ3v) is 9.30. The van der Waals surface area contributed by atoms with Gasteiger partial charge in [0.15, 0.2) is 5.78 Å². The first-order valence-corrected chi connectivity index (χ1v) is 16.0. The predicted octanol–water partition coefficient (Wildman–Crippen LogP) is 11.6. The van der Waals surface area contributed by atoms with E-state index in [0.29, 0.717) is 0 Å². The molecule has 5 aromatic rings. The summed E-state index contributed by atoms with van der Waals surface area (Å²) < 4.78 is 0. The zero-order valence-corrected chi connectivity index (χ0v) is 31.5. The van der Waals surface area contributed by atoms with Gasteiger partial charge in [0.1, 0.15) is 5.76 Å². The molecule has 243 valence electrons. The van der Waals surface area contributed by atoms with Gasteiger partial charge < -0.3 is 10.1 Å². The van der Waals surface area contributed by atoms with E-state index in [0.717, 1.165) is 29.7 Å². The van der Waals surface area contributed by atoms with Gasteiger partial charge in [0.05, 0.1) is 0 Å². The molecule has 1 radical (unpaired) electrons. The second-order valence-corrected chi connectivity index (χ2v) is 13.7. The van der Waals surface area contributed by atoms with Crippen molar-refractivity contribution in [3.8, 4) is 22.4 Å². The quantitative estimate of drug-likeness (QED) is 0.0773. The average Bonchev–Trinajstić information content (AvgIpc) is 3.00. The summed E-state index contributed by atoms with van der Waals surface area (Å²) >= 11 is 0. The zero-order valence-electron chi connectivity index (χ0n) is 29.1. The van der Waals surface area contributed by atoms with Crippen LogP contribution >= 0.6 is 0 Å². The molecule has 0 fully saturated rings. The fraction of sp³-hybridized carbons (Fsp3) is 0.333. The SMILES string of the molecule is CCC(C)(C)C(=O)/C=C(\O)C(C)(C)CC.Cc1[c-]c(-c2ncc(C)c3ccc4cc(C)c(-c5ccccc5)cc4c23)cc(C)c1.[Ir]. The third-order valence-electron chi connectivity index (χ3n) is 9.30. The molecule has 0 aliphatic carbocycles. The van der Waals surface area contributed by atoms with Crippen LogP contribution in [0.1, 0.15) is 76.6 Å². The minimum Gasteiger partial charge on any atom is -0.512 e. The summed E-state index contributed by atoms with van der Waals surface area (Å²) in [6.45, 7) is 20.2. The molecule has 0 amide bonds. The van der Waals surface area contributed by atoms with E-state index >= 15 is 0 Å². The van der Waals surface area contributed by atoms with Crippen LogP contribution in [0.15, 0.2) is 84.8 Å². The molecule has 0 aliphatic heterocycles. The molecular weight excluding hydrogens is 743 g/mol. The van der Waals surface area contributed by atoms with Crippen molar-refractivity contribution in [2.75, 3.05) is 0 Å². The van der Waals surface area contributed by atoms with Gasteiger partial charge in [-0.2, -0.15) is 0 Å². The van der Waals surface area contributed by atoms with E-state index in [4.69, 9.17) is 4.98 Å². The van der Waals surface area contributed by atoms with Crippen molar-refractivity contribution in [1.29, 1.82) is 0 Å². The Morgan fingerprint density at radius 3 is 2.09 bits per heavy atom. The van der Waals surface area contributed by atoms with Crippen LogP contribution in [0.4, 0.5) is 0 Å². The second-order valence-electron chi connectivity index (χ2n) is 13.7. The number of ketones is 1. The van der Waals surface area contributed by atoms with Gasteiger partial charge in [-0.3, -0.25) is 4.79 Å². The molecular formula is C42H48IrNO2-. The normalized spacial score (nSPS) is 12.0. The van der Waals surface area contributed by atoms with Gasteiger partial charge >= 0.3 is 0 Å². The standard InChI is InChI=1S/C29H24N.C13H24O2.Ir/c1-18-12-19(2)14-24(13-18)29-28-25(21(4)17-30-29)11-10-23-15-20(3)26(16-27(23)28)22-8-6-5-7-9-22;1-7-12(3,4)10(14)9-11(15)13(5,6)8-2;/h5-13,15-17H,1-4H3;9,14H,7-8H2,1-6H3;/q-1;;/b;10-9-;. The Morgan fingerprint density at radius 2 is 1.48 bits per heavy atom. The number of hydrogen-bond donors (Lipinski definition) is 1. The summed E-state index contributed by atoms with van der Waals surface area (Å²) in [6, 6.07) is 27.6. The van der Waals surface area contributed by atoms with Gasteiger partial charge in [0.2, 0.25) is 0 Å². The van der Waals surface area contributed by atoms with Crippen LogP contribution in [0.5, 0.6) is 0 Å². The fourth-order valence-electron chi connectivity index (χ4n) is 5.39. The number of nitrogens with zero attached hydrogens (tertiary/aromatic N) is 1. The van der Waals surface area contributed by atoms with E-state index in [1.165, 1.54) is 55.4 Å². The Kier molecular flexibility index (Phi) is 11.9. The summed E-state index contributed by atoms with van der Waals surface area (Å²) in [6.07, 6.45) is 4.98. The number of allylic oxidation sites excluding steroid dienone is 2. The number of carbonyl (C=O) groups excluding carboxylic acids is 1. The van der Waals surface area contributed by atoms with Crippen molar-refractivity contribution < 1.29 is 30.0 Å². The van der Waals surface area contributed by atoms with E-state index < -0.39 is 0 Å². The maximum Gasteiger partial charge on any atom is 0.164 e. The Balaban J connectivity index is 0.000000309. The maximum atomic E-state index is 11.8. The van der Waals surface area contributed by atoms with Gasteiger partial charge in [0, 0.05) is 43.2 Å². The first-order chi connectivity index (χ1) is 21.2. The minimum absolute atomic E-state index is 0. The first kappa shape index (κ1) is 36.9. The molecule has 1 N–H and O–H groups in total. The molecule has 0 aliphatic rings. The first-order valence-electron chi connectivity index (χ1n) is 16.0. The molecule has 0 saturated heterocycles. The molecule has 5 rings (SSSR count). The second kappa shape index (κ2) is 14.9. The minimum atomic E-state index is -0.377. The molecule has 4 heteroatoms. The zero-order chi connectivity index (χ0) is 33.1. The van der Waals surface area contributed by atoms with Crippen LogP contribution in [0, 0.1) is 44.6 Å². The smallest absolute Gasteiger partial charge is 0.164 e. The summed E-state index contributed by atoms with van der Waals surface area (Å²) in [5, 5.41) is 14.8. The molecule has 0 unspecified atom stereocenters. The molecule has 1 aromatic heterocycles. The van der Waals surface area contributed by atoms with E-state index in [-0.39, 0.29) is 42.5 Å². The Bertz CT molecular complexity index is 1860. The van der Waals surface area contributed by atoms with Crippen LogP contribution in [0.3, 0.4) is 0 Å². The van der Waals surface area contributed by atoms with Gasteiger partial charge in [0.25, 0.3) is 0 Å². The van der Waals surface area contributed by atoms with E-state index in [1.807, 2.05) is 47.7 Å². The number of aromatic nitrogens is 1. The van der Waals surface area contributed by atoms with Crippen LogP contribution in [-0.2, 0) is 24.9 Å². The number of benzene rings is 4. The van der Waals surface area contributed by atoms with E-state index in [2.05, 4.69) is 100 Å². The number of aliphatic hydroxyl groups is 1. The number of fused-ring (bicyclic) bond motifs is 3. The van der Waals surface area contributed by atoms with Gasteiger partial charge in [-0.1, -0.05) is 104 Å². The van der Waals surface area contributed by atoms with Crippen LogP contribution in [0.2, 0.25) is 0 Å². The summed E-state index contributed by atoms with van der Waals surface area (Å²) in [5.74, 6) is 0.195. The Labute approximate surface area is 289 Å². The number of hydrogen-bond acceptors (Lipinski definition) is 3. The monoisotopic (exact) mass is 791 g/mol. The van der Waals surface area contributed by atoms with Gasteiger partial charge in [-0.25, -0.2) is 0 Å². The van der Waals surface area contributed by atoms with Crippen molar-refractivity contribution in [3.63, 3.8) is 0 Å². The fourth-order valence-corrected chi connectivity index (χ4v) is 5.39. The maximum absolute atomic E-state index is 11.8. The van der Waals surface area contributed by atoms with Crippen LogP contribution < -0.4 is 0 Å². The molecule has 1 heterocycles. The largest absolute Gasteiger partial charge is 0.512 e. The van der Waals surface area contributed by atoms with Gasteiger partial charge in [-0.05, 0) is 82.2 Å². The molecule has 0 spiro atoms. The van der Waals surface area contributed by atoms with Crippen molar-refractivity contribution in [1.82, 2.24) is 4.98 Å². The van der Waals surface area contributed by atoms with E-state index in [1.54, 1.807) is 0 Å². The molecule has 4 aromatic carbocycles. The molecule has 0 atom stereocenters. The number of aryl methyl sites for hydroxylation is 4. The number of pyridine rings is 1. The molecule has 0 saturated carbocycles. The van der Waals surface area contributed by atoms with Crippen molar-refractivity contribution in [3.05, 3.63) is 113 Å². The number of rotatable bonds is 7. The number of carbonyl (C=O) groups is 1. The van der Waals surface area contributed by atoms with E-state index in [9.17, 15) is 9.90 Å². The van der Waals surface area contributed by atoms with Gasteiger partial charge in [-0.15, -0.1) is 34.9 Å². The third kappa shape index (κ3) is 8.03.